The molecule has 0 N–H and O–H groups in total. The smallest absolute Gasteiger partial charge is 0.292 e. The van der Waals surface area contributed by atoms with Crippen molar-refractivity contribution in [2.75, 3.05) is 18.0 Å². The monoisotopic (exact) mass is 437 g/mol. The summed E-state index contributed by atoms with van der Waals surface area (Å²) in [7, 11) is 1.91. The number of hydrogen-bond acceptors (Lipinski definition) is 4. The number of aromatic nitrogens is 4. The van der Waals surface area contributed by atoms with Gasteiger partial charge in [0.05, 0.1) is 28.8 Å². The Hall–Kier alpha value is -2.02. The topological polar surface area (TPSA) is 56.0 Å². The van der Waals surface area contributed by atoms with Crippen LogP contribution in [0.5, 0.6) is 0 Å². The molecule has 1 unspecified atom stereocenters. The zero-order chi connectivity index (χ0) is 19.8. The Kier molecular flexibility index (Phi) is 5.36. The molecule has 0 amide bonds. The molecule has 1 aromatic carbocycles. The molecular formula is C19H18Cl3N5O. The molecule has 1 aliphatic rings. The van der Waals surface area contributed by atoms with Gasteiger partial charge in [-0.1, -0.05) is 34.8 Å². The van der Waals surface area contributed by atoms with Gasteiger partial charge < -0.3 is 4.90 Å². The Morgan fingerprint density at radius 3 is 2.68 bits per heavy atom. The van der Waals surface area contributed by atoms with E-state index in [1.54, 1.807) is 24.4 Å². The van der Waals surface area contributed by atoms with E-state index in [0.29, 0.717) is 27.3 Å². The summed E-state index contributed by atoms with van der Waals surface area (Å²) in [6.45, 7) is 1.65. The number of hydrogen-bond donors (Lipinski definition) is 0. The summed E-state index contributed by atoms with van der Waals surface area (Å²) in [5.74, 6) is 0.480. The second-order valence-corrected chi connectivity index (χ2v) is 8.21. The van der Waals surface area contributed by atoms with Crippen LogP contribution < -0.4 is 10.5 Å². The molecule has 0 spiro atoms. The van der Waals surface area contributed by atoms with Gasteiger partial charge in [-0.25, -0.2) is 0 Å². The summed E-state index contributed by atoms with van der Waals surface area (Å²) in [5, 5.41) is 9.48. The molecule has 2 aromatic heterocycles. The largest absolute Gasteiger partial charge is 0.369 e. The fraction of sp³-hybridized carbons (Fsp3) is 0.316. The van der Waals surface area contributed by atoms with Crippen LogP contribution in [0.3, 0.4) is 0 Å². The molecule has 1 fully saturated rings. The number of anilines is 1. The van der Waals surface area contributed by atoms with E-state index in [0.717, 1.165) is 25.9 Å². The first-order chi connectivity index (χ1) is 13.4. The molecule has 1 aliphatic heterocycles. The Balaban J connectivity index is 1.56. The van der Waals surface area contributed by atoms with Gasteiger partial charge in [0.1, 0.15) is 5.02 Å². The molecule has 0 saturated carbocycles. The highest BCUT2D eigenvalue weighted by Crippen LogP contribution is 2.30. The highest BCUT2D eigenvalue weighted by molar-refractivity contribution is 6.36. The predicted octanol–water partition coefficient (Wildman–Crippen LogP) is 4.00. The van der Waals surface area contributed by atoms with Gasteiger partial charge in [-0.2, -0.15) is 14.9 Å². The number of nitrogens with zero attached hydrogens (tertiary/aromatic N) is 5. The third kappa shape index (κ3) is 3.77. The minimum atomic E-state index is -0.404. The minimum absolute atomic E-state index is 0.142. The van der Waals surface area contributed by atoms with Crippen LogP contribution in [0, 0.1) is 5.92 Å². The van der Waals surface area contributed by atoms with Gasteiger partial charge in [0.15, 0.2) is 0 Å². The maximum absolute atomic E-state index is 12.8. The van der Waals surface area contributed by atoms with Gasteiger partial charge in [0.25, 0.3) is 5.56 Å². The van der Waals surface area contributed by atoms with Gasteiger partial charge in [0.2, 0.25) is 0 Å². The molecule has 9 heteroatoms. The lowest BCUT2D eigenvalue weighted by Gasteiger charge is -2.20. The summed E-state index contributed by atoms with van der Waals surface area (Å²) < 4.78 is 3.01. The van der Waals surface area contributed by atoms with Crippen LogP contribution in [-0.2, 0) is 13.5 Å². The Bertz CT molecular complexity index is 1080. The SMILES string of the molecule is Cn1cc(CC2CCN(c3cnn(-c4ccc(Cl)cc4Cl)c(=O)c3Cl)C2)cn1. The summed E-state index contributed by atoms with van der Waals surface area (Å²) in [6, 6.07) is 4.87. The van der Waals surface area contributed by atoms with Crippen molar-refractivity contribution in [3.8, 4) is 5.69 Å². The van der Waals surface area contributed by atoms with E-state index < -0.39 is 5.56 Å². The van der Waals surface area contributed by atoms with Crippen molar-refractivity contribution in [3.05, 3.63) is 67.8 Å². The summed E-state index contributed by atoms with van der Waals surface area (Å²) >= 11 is 18.6. The van der Waals surface area contributed by atoms with Crippen molar-refractivity contribution in [1.82, 2.24) is 19.6 Å². The third-order valence-corrected chi connectivity index (χ3v) is 5.84. The quantitative estimate of drug-likeness (QED) is 0.618. The van der Waals surface area contributed by atoms with Crippen molar-refractivity contribution in [2.45, 2.75) is 12.8 Å². The first-order valence-electron chi connectivity index (χ1n) is 8.88. The van der Waals surface area contributed by atoms with Gasteiger partial charge >= 0.3 is 0 Å². The Morgan fingerprint density at radius 1 is 1.14 bits per heavy atom. The predicted molar refractivity (Wildman–Crippen MR) is 112 cm³/mol. The van der Waals surface area contributed by atoms with Gasteiger partial charge in [0, 0.05) is 31.4 Å². The standard InChI is InChI=1S/C19H18Cl3N5O/c1-25-10-13(8-23-25)6-12-4-5-26(11-12)17-9-24-27(19(28)18(17)22)16-3-2-14(20)7-15(16)21/h2-3,7-10,12H,4-6,11H2,1H3. The second-order valence-electron chi connectivity index (χ2n) is 6.98. The van der Waals surface area contributed by atoms with Crippen LogP contribution in [0.15, 0.2) is 41.6 Å². The normalized spacial score (nSPS) is 16.7. The van der Waals surface area contributed by atoms with Crippen LogP contribution in [0.1, 0.15) is 12.0 Å². The molecule has 0 radical (unpaired) electrons. The van der Waals surface area contributed by atoms with E-state index in [2.05, 4.69) is 15.1 Å². The maximum Gasteiger partial charge on any atom is 0.292 e. The van der Waals surface area contributed by atoms with E-state index in [1.165, 1.54) is 10.2 Å². The molecule has 146 valence electrons. The van der Waals surface area contributed by atoms with Gasteiger partial charge in [-0.3, -0.25) is 9.48 Å². The summed E-state index contributed by atoms with van der Waals surface area (Å²) in [6.07, 6.45) is 7.54. The number of benzene rings is 1. The van der Waals surface area contributed by atoms with Crippen molar-refractivity contribution >= 4 is 40.5 Å². The molecule has 28 heavy (non-hydrogen) atoms. The van der Waals surface area contributed by atoms with Crippen molar-refractivity contribution < 1.29 is 0 Å². The van der Waals surface area contributed by atoms with Crippen molar-refractivity contribution in [2.24, 2.45) is 13.0 Å². The average Bonchev–Trinajstić information content (AvgIpc) is 3.27. The zero-order valence-corrected chi connectivity index (χ0v) is 17.4. The lowest BCUT2D eigenvalue weighted by atomic mass is 10.0. The lowest BCUT2D eigenvalue weighted by molar-refractivity contribution is 0.586. The first kappa shape index (κ1) is 19.3. The maximum atomic E-state index is 12.8. The molecule has 1 atom stereocenters. The highest BCUT2D eigenvalue weighted by atomic mass is 35.5. The fourth-order valence-corrected chi connectivity index (χ4v) is 4.33. The molecule has 0 bridgehead atoms. The highest BCUT2D eigenvalue weighted by Gasteiger charge is 2.26. The van der Waals surface area contributed by atoms with Crippen LogP contribution in [0.4, 0.5) is 5.69 Å². The van der Waals surface area contributed by atoms with E-state index >= 15 is 0 Å². The van der Waals surface area contributed by atoms with Crippen LogP contribution in [-0.4, -0.2) is 32.7 Å². The van der Waals surface area contributed by atoms with Crippen LogP contribution in [0.25, 0.3) is 5.69 Å². The third-order valence-electron chi connectivity index (χ3n) is 4.95. The second kappa shape index (κ2) is 7.78. The lowest BCUT2D eigenvalue weighted by Crippen LogP contribution is -2.27. The fourth-order valence-electron chi connectivity index (χ4n) is 3.60. The minimum Gasteiger partial charge on any atom is -0.369 e. The van der Waals surface area contributed by atoms with E-state index in [-0.39, 0.29) is 5.02 Å². The molecule has 3 heterocycles. The van der Waals surface area contributed by atoms with Crippen LogP contribution >= 0.6 is 34.8 Å². The van der Waals surface area contributed by atoms with Crippen molar-refractivity contribution in [3.63, 3.8) is 0 Å². The van der Waals surface area contributed by atoms with Crippen LogP contribution in [0.2, 0.25) is 15.1 Å². The molecular weight excluding hydrogens is 421 g/mol. The van der Waals surface area contributed by atoms with Gasteiger partial charge in [-0.05, 0) is 42.5 Å². The molecule has 3 aromatic rings. The number of halogens is 3. The zero-order valence-electron chi connectivity index (χ0n) is 15.1. The molecule has 6 nitrogen and oxygen atoms in total. The summed E-state index contributed by atoms with van der Waals surface area (Å²) in [5.41, 5.74) is 1.91. The first-order valence-corrected chi connectivity index (χ1v) is 10.0. The van der Waals surface area contributed by atoms with E-state index in [1.807, 2.05) is 24.1 Å². The number of rotatable bonds is 4. The van der Waals surface area contributed by atoms with E-state index in [9.17, 15) is 4.79 Å². The molecule has 0 aliphatic carbocycles. The average molecular weight is 439 g/mol. The van der Waals surface area contributed by atoms with Gasteiger partial charge in [-0.15, -0.1) is 0 Å². The van der Waals surface area contributed by atoms with E-state index in [4.69, 9.17) is 34.8 Å². The molecule has 4 rings (SSSR count). The number of aryl methyl sites for hydroxylation is 1. The molecule has 1 saturated heterocycles. The Morgan fingerprint density at radius 2 is 1.96 bits per heavy atom. The Labute approximate surface area is 177 Å². The van der Waals surface area contributed by atoms with Crippen molar-refractivity contribution in [1.29, 1.82) is 0 Å². The summed E-state index contributed by atoms with van der Waals surface area (Å²) in [4.78, 5) is 14.9.